The summed E-state index contributed by atoms with van der Waals surface area (Å²) >= 11 is 0. The molecule has 1 aliphatic heterocycles. The maximum absolute atomic E-state index is 12.8. The Morgan fingerprint density at radius 3 is 2.62 bits per heavy atom. The normalized spacial score (nSPS) is 16.9. The molecular weight excluding hydrogens is 383 g/mol. The van der Waals surface area contributed by atoms with Gasteiger partial charge in [0.2, 0.25) is 5.91 Å². The second kappa shape index (κ2) is 6.91. The maximum Gasteiger partial charge on any atom is 0.435 e. The van der Waals surface area contributed by atoms with Gasteiger partial charge in [-0.15, -0.1) is 0 Å². The third-order valence-corrected chi connectivity index (χ3v) is 4.87. The molecule has 1 aliphatic rings. The average molecular weight is 401 g/mol. The van der Waals surface area contributed by atoms with Crippen LogP contribution in [0.5, 0.6) is 0 Å². The molecule has 1 unspecified atom stereocenters. The summed E-state index contributed by atoms with van der Waals surface area (Å²) in [4.78, 5) is 15.1. The quantitative estimate of drug-likeness (QED) is 0.714. The number of H-pyrrole nitrogens is 1. The van der Waals surface area contributed by atoms with Gasteiger partial charge in [0.15, 0.2) is 5.69 Å². The van der Waals surface area contributed by atoms with Crippen LogP contribution in [0.2, 0.25) is 0 Å². The molecule has 0 saturated carbocycles. The van der Waals surface area contributed by atoms with Crippen molar-refractivity contribution in [3.63, 3.8) is 0 Å². The van der Waals surface area contributed by atoms with Gasteiger partial charge in [0.05, 0.1) is 11.4 Å². The van der Waals surface area contributed by atoms with Gasteiger partial charge in [-0.1, -0.05) is 6.07 Å². The second-order valence-corrected chi connectivity index (χ2v) is 6.90. The summed E-state index contributed by atoms with van der Waals surface area (Å²) in [6.45, 7) is 3.27. The van der Waals surface area contributed by atoms with E-state index in [0.29, 0.717) is 12.1 Å². The number of nitrogens with zero attached hydrogens (tertiary/aromatic N) is 4. The highest BCUT2D eigenvalue weighted by molar-refractivity contribution is 6.03. The first-order chi connectivity index (χ1) is 13.7. The Bertz CT molecular complexity index is 1080. The van der Waals surface area contributed by atoms with Crippen LogP contribution in [-0.2, 0) is 11.0 Å². The van der Waals surface area contributed by atoms with Crippen molar-refractivity contribution in [2.45, 2.75) is 32.5 Å². The fraction of sp³-hybridized carbons (Fsp3) is 0.250. The van der Waals surface area contributed by atoms with E-state index >= 15 is 0 Å². The zero-order chi connectivity index (χ0) is 20.8. The Balaban J connectivity index is 1.63. The molecule has 29 heavy (non-hydrogen) atoms. The molecule has 0 bridgehead atoms. The molecule has 1 amide bonds. The van der Waals surface area contributed by atoms with E-state index in [-0.39, 0.29) is 11.9 Å². The lowest BCUT2D eigenvalue weighted by atomic mass is 10.00. The Kier molecular flexibility index (Phi) is 4.52. The third-order valence-electron chi connectivity index (χ3n) is 4.87. The van der Waals surface area contributed by atoms with Crippen molar-refractivity contribution in [1.82, 2.24) is 19.8 Å². The minimum Gasteiger partial charge on any atom is -0.363 e. The number of alkyl halides is 3. The van der Waals surface area contributed by atoms with E-state index in [4.69, 9.17) is 0 Å². The Morgan fingerprint density at radius 1 is 1.24 bits per heavy atom. The van der Waals surface area contributed by atoms with Crippen LogP contribution in [0.15, 0.2) is 53.9 Å². The zero-order valence-electron chi connectivity index (χ0n) is 15.7. The predicted molar refractivity (Wildman–Crippen MR) is 101 cm³/mol. The van der Waals surface area contributed by atoms with E-state index in [1.54, 1.807) is 25.3 Å². The molecule has 0 spiro atoms. The van der Waals surface area contributed by atoms with Gasteiger partial charge >= 0.3 is 6.18 Å². The highest BCUT2D eigenvalue weighted by atomic mass is 19.4. The lowest BCUT2D eigenvalue weighted by molar-refractivity contribution is -0.141. The van der Waals surface area contributed by atoms with Crippen LogP contribution in [0.25, 0.3) is 5.69 Å². The van der Waals surface area contributed by atoms with Crippen molar-refractivity contribution in [2.75, 3.05) is 0 Å². The first-order valence-electron chi connectivity index (χ1n) is 8.99. The van der Waals surface area contributed by atoms with Gasteiger partial charge in [0.25, 0.3) is 0 Å². The molecule has 6 nitrogen and oxygen atoms in total. The Morgan fingerprint density at radius 2 is 2.03 bits per heavy atom. The molecule has 1 N–H and O–H groups in total. The molecule has 9 heteroatoms. The predicted octanol–water partition coefficient (Wildman–Crippen LogP) is 4.23. The SMILES string of the molecule is CC(=O)N1N=C(c2ccc(-n3ccc(C(F)(F)F)n3)c(C)c2)CC1c1ccc[nH]1. The van der Waals surface area contributed by atoms with Crippen LogP contribution < -0.4 is 0 Å². The summed E-state index contributed by atoms with van der Waals surface area (Å²) in [7, 11) is 0. The summed E-state index contributed by atoms with van der Waals surface area (Å²) in [5.74, 6) is -0.163. The number of hydrogen-bond acceptors (Lipinski definition) is 3. The van der Waals surface area contributed by atoms with E-state index < -0.39 is 11.9 Å². The minimum absolute atomic E-state index is 0.163. The summed E-state index contributed by atoms with van der Waals surface area (Å²) in [5, 5.41) is 9.56. The van der Waals surface area contributed by atoms with E-state index in [9.17, 15) is 18.0 Å². The van der Waals surface area contributed by atoms with Crippen LogP contribution in [-0.4, -0.2) is 31.4 Å². The fourth-order valence-electron chi connectivity index (χ4n) is 3.47. The Hall–Kier alpha value is -3.36. The van der Waals surface area contributed by atoms with Crippen LogP contribution >= 0.6 is 0 Å². The number of carbonyl (C=O) groups excluding carboxylic acids is 1. The van der Waals surface area contributed by atoms with E-state index in [1.807, 2.05) is 18.2 Å². The molecule has 0 radical (unpaired) electrons. The zero-order valence-corrected chi connectivity index (χ0v) is 15.7. The number of aromatic nitrogens is 3. The third kappa shape index (κ3) is 3.55. The smallest absolute Gasteiger partial charge is 0.363 e. The van der Waals surface area contributed by atoms with Crippen LogP contribution in [0.1, 0.15) is 41.9 Å². The number of amides is 1. The van der Waals surface area contributed by atoms with Crippen molar-refractivity contribution in [3.05, 3.63) is 71.3 Å². The summed E-state index contributed by atoms with van der Waals surface area (Å²) in [6.07, 6.45) is -0.861. The lowest BCUT2D eigenvalue weighted by Crippen LogP contribution is -2.24. The van der Waals surface area contributed by atoms with Crippen molar-refractivity contribution < 1.29 is 18.0 Å². The van der Waals surface area contributed by atoms with Gasteiger partial charge in [-0.3, -0.25) is 4.79 Å². The molecule has 1 aromatic carbocycles. The lowest BCUT2D eigenvalue weighted by Gasteiger charge is -2.18. The number of benzene rings is 1. The minimum atomic E-state index is -4.49. The number of halogens is 3. The van der Waals surface area contributed by atoms with Gasteiger partial charge in [-0.25, -0.2) is 9.69 Å². The number of rotatable bonds is 3. The first-order valence-corrected chi connectivity index (χ1v) is 8.99. The summed E-state index contributed by atoms with van der Waals surface area (Å²) in [6, 6.07) is 9.84. The number of aryl methyl sites for hydroxylation is 1. The molecule has 0 aliphatic carbocycles. The molecule has 0 saturated heterocycles. The van der Waals surface area contributed by atoms with Gasteiger partial charge < -0.3 is 4.98 Å². The van der Waals surface area contributed by atoms with E-state index in [1.165, 1.54) is 22.8 Å². The van der Waals surface area contributed by atoms with Crippen molar-refractivity contribution >= 4 is 11.6 Å². The monoisotopic (exact) mass is 401 g/mol. The summed E-state index contributed by atoms with van der Waals surface area (Å²) < 4.78 is 39.7. The molecule has 3 heterocycles. The van der Waals surface area contributed by atoms with Crippen LogP contribution in [0.4, 0.5) is 13.2 Å². The highest BCUT2D eigenvalue weighted by Gasteiger charge is 2.34. The maximum atomic E-state index is 12.8. The fourth-order valence-corrected chi connectivity index (χ4v) is 3.47. The number of hydrogen-bond donors (Lipinski definition) is 1. The molecule has 4 rings (SSSR count). The number of nitrogens with one attached hydrogen (secondary N) is 1. The number of carbonyl (C=O) groups is 1. The van der Waals surface area contributed by atoms with Gasteiger partial charge in [-0.05, 0) is 48.4 Å². The Labute approximate surface area is 164 Å². The molecule has 3 aromatic rings. The van der Waals surface area contributed by atoms with E-state index in [0.717, 1.165) is 28.6 Å². The second-order valence-electron chi connectivity index (χ2n) is 6.90. The summed E-state index contributed by atoms with van der Waals surface area (Å²) in [5.41, 5.74) is 2.81. The molecule has 0 fully saturated rings. The van der Waals surface area contributed by atoms with Crippen molar-refractivity contribution in [1.29, 1.82) is 0 Å². The average Bonchev–Trinajstić information content (AvgIpc) is 3.39. The van der Waals surface area contributed by atoms with E-state index in [2.05, 4.69) is 15.2 Å². The van der Waals surface area contributed by atoms with Gasteiger partial charge in [-0.2, -0.15) is 23.4 Å². The van der Waals surface area contributed by atoms with Crippen molar-refractivity contribution in [2.24, 2.45) is 5.10 Å². The topological polar surface area (TPSA) is 66.3 Å². The van der Waals surface area contributed by atoms with Crippen molar-refractivity contribution in [3.8, 4) is 5.69 Å². The highest BCUT2D eigenvalue weighted by Crippen LogP contribution is 2.33. The molecule has 2 aromatic heterocycles. The molecule has 1 atom stereocenters. The largest absolute Gasteiger partial charge is 0.435 e. The standard InChI is InChI=1S/C20H18F3N5O/c1-12-10-14(5-6-17(12)27-9-7-19(26-27)20(21,22)23)16-11-18(15-4-3-8-24-15)28(25-16)13(2)29/h3-10,18,24H,11H2,1-2H3. The van der Waals surface area contributed by atoms with Gasteiger partial charge in [0, 0.05) is 31.4 Å². The number of hydrazone groups is 1. The van der Waals surface area contributed by atoms with Crippen LogP contribution in [0.3, 0.4) is 0 Å². The molecular formula is C20H18F3N5O. The number of aromatic amines is 1. The first kappa shape index (κ1) is 19.0. The van der Waals surface area contributed by atoms with Gasteiger partial charge in [0.1, 0.15) is 6.04 Å². The van der Waals surface area contributed by atoms with Crippen LogP contribution in [0, 0.1) is 6.92 Å². The molecule has 150 valence electrons.